The van der Waals surface area contributed by atoms with Crippen LogP contribution < -0.4 is 5.73 Å². The van der Waals surface area contributed by atoms with Crippen molar-refractivity contribution in [3.8, 4) is 11.5 Å². The first-order valence-electron chi connectivity index (χ1n) is 7.20. The number of fused-ring (bicyclic) bond motifs is 1. The molecule has 4 nitrogen and oxygen atoms in total. The Kier molecular flexibility index (Phi) is 3.78. The molecule has 2 N–H and O–H groups in total. The van der Waals surface area contributed by atoms with Crippen molar-refractivity contribution in [2.24, 2.45) is 11.7 Å². The topological polar surface area (TPSA) is 56.7 Å². The number of thiazole rings is 1. The first kappa shape index (κ1) is 14.2. The average Bonchev–Trinajstić information content (AvgIpc) is 3.02. The van der Waals surface area contributed by atoms with Gasteiger partial charge in [0.2, 0.25) is 0 Å². The molecule has 5 heteroatoms. The van der Waals surface area contributed by atoms with E-state index in [-0.39, 0.29) is 0 Å². The van der Waals surface area contributed by atoms with Crippen molar-refractivity contribution in [1.82, 2.24) is 14.5 Å². The van der Waals surface area contributed by atoms with Crippen LogP contribution in [0.4, 0.5) is 0 Å². The van der Waals surface area contributed by atoms with Crippen LogP contribution in [-0.2, 0) is 13.1 Å². The van der Waals surface area contributed by atoms with Crippen LogP contribution in [0.25, 0.3) is 22.6 Å². The lowest BCUT2D eigenvalue weighted by molar-refractivity contribution is 0.536. The molecule has 110 valence electrons. The highest BCUT2D eigenvalue weighted by molar-refractivity contribution is 7.09. The third-order valence-electron chi connectivity index (χ3n) is 3.44. The van der Waals surface area contributed by atoms with Gasteiger partial charge < -0.3 is 10.3 Å². The molecule has 0 fully saturated rings. The van der Waals surface area contributed by atoms with E-state index in [1.165, 1.54) is 0 Å². The van der Waals surface area contributed by atoms with Gasteiger partial charge in [-0.3, -0.25) is 0 Å². The Morgan fingerprint density at radius 3 is 2.71 bits per heavy atom. The van der Waals surface area contributed by atoms with Gasteiger partial charge in [0, 0.05) is 18.5 Å². The molecule has 0 unspecified atom stereocenters. The minimum atomic E-state index is 0.540. The fraction of sp³-hybridized carbons (Fsp3) is 0.375. The van der Waals surface area contributed by atoms with E-state index in [0.717, 1.165) is 39.7 Å². The van der Waals surface area contributed by atoms with Crippen molar-refractivity contribution in [1.29, 1.82) is 0 Å². The number of nitrogens with two attached hydrogens (primary N) is 1. The maximum Gasteiger partial charge on any atom is 0.160 e. The Bertz CT molecular complexity index is 770. The van der Waals surface area contributed by atoms with Gasteiger partial charge in [-0.25, -0.2) is 9.97 Å². The number of benzene rings is 1. The monoisotopic (exact) mass is 300 g/mol. The first-order chi connectivity index (χ1) is 10.1. The van der Waals surface area contributed by atoms with Crippen LogP contribution in [0.15, 0.2) is 23.6 Å². The minimum absolute atomic E-state index is 0.540. The van der Waals surface area contributed by atoms with Crippen LogP contribution in [-0.4, -0.2) is 14.5 Å². The molecule has 0 amide bonds. The third kappa shape index (κ3) is 2.71. The lowest BCUT2D eigenvalue weighted by atomic mass is 10.2. The van der Waals surface area contributed by atoms with Crippen LogP contribution in [0.5, 0.6) is 0 Å². The van der Waals surface area contributed by atoms with E-state index >= 15 is 0 Å². The molecular weight excluding hydrogens is 280 g/mol. The molecule has 0 aliphatic carbocycles. The highest BCUT2D eigenvalue weighted by atomic mass is 32.1. The van der Waals surface area contributed by atoms with Crippen LogP contribution in [0.2, 0.25) is 0 Å². The second-order valence-corrected chi connectivity index (χ2v) is 6.78. The van der Waals surface area contributed by atoms with Gasteiger partial charge in [-0.05, 0) is 30.5 Å². The van der Waals surface area contributed by atoms with E-state index in [1.54, 1.807) is 11.3 Å². The second kappa shape index (κ2) is 5.58. The number of hydrogen-bond donors (Lipinski definition) is 1. The number of rotatable bonds is 4. The highest BCUT2D eigenvalue weighted by Crippen LogP contribution is 2.27. The normalized spacial score (nSPS) is 11.7. The highest BCUT2D eigenvalue weighted by Gasteiger charge is 2.15. The van der Waals surface area contributed by atoms with Gasteiger partial charge in [0.1, 0.15) is 5.69 Å². The number of imidazole rings is 1. The standard InChI is InChI=1S/C16H20N4S/c1-10(2)8-20-15-5-4-12(7-17)6-13(15)19-16(20)14-9-21-11(3)18-14/h4-6,9-10H,7-8,17H2,1-3H3. The lowest BCUT2D eigenvalue weighted by Gasteiger charge is -2.10. The first-order valence-corrected chi connectivity index (χ1v) is 8.08. The molecule has 3 rings (SSSR count). The molecule has 0 aliphatic heterocycles. The van der Waals surface area contributed by atoms with Crippen molar-refractivity contribution < 1.29 is 0 Å². The molecule has 2 aromatic heterocycles. The fourth-order valence-corrected chi connectivity index (χ4v) is 3.11. The van der Waals surface area contributed by atoms with Crippen LogP contribution in [0.1, 0.15) is 24.4 Å². The molecule has 2 heterocycles. The van der Waals surface area contributed by atoms with E-state index < -0.39 is 0 Å². The summed E-state index contributed by atoms with van der Waals surface area (Å²) in [6.07, 6.45) is 0. The fourth-order valence-electron chi connectivity index (χ4n) is 2.51. The van der Waals surface area contributed by atoms with E-state index in [4.69, 9.17) is 10.7 Å². The maximum absolute atomic E-state index is 5.74. The van der Waals surface area contributed by atoms with Crippen molar-refractivity contribution in [3.05, 3.63) is 34.2 Å². The van der Waals surface area contributed by atoms with Gasteiger partial charge in [0.15, 0.2) is 5.82 Å². The van der Waals surface area contributed by atoms with Crippen molar-refractivity contribution in [2.45, 2.75) is 33.9 Å². The van der Waals surface area contributed by atoms with Crippen LogP contribution in [0, 0.1) is 12.8 Å². The molecule has 21 heavy (non-hydrogen) atoms. The largest absolute Gasteiger partial charge is 0.326 e. The second-order valence-electron chi connectivity index (χ2n) is 5.72. The Morgan fingerprint density at radius 1 is 1.29 bits per heavy atom. The van der Waals surface area contributed by atoms with E-state index in [1.807, 2.05) is 6.92 Å². The van der Waals surface area contributed by atoms with Gasteiger partial charge in [0.05, 0.1) is 16.0 Å². The molecule has 0 atom stereocenters. The molecule has 0 aliphatic rings. The number of aryl methyl sites for hydroxylation is 1. The summed E-state index contributed by atoms with van der Waals surface area (Å²) in [5.74, 6) is 1.51. The Morgan fingerprint density at radius 2 is 2.10 bits per heavy atom. The van der Waals surface area contributed by atoms with Gasteiger partial charge in [-0.1, -0.05) is 19.9 Å². The molecule has 0 saturated heterocycles. The quantitative estimate of drug-likeness (QED) is 0.801. The van der Waals surface area contributed by atoms with Crippen LogP contribution in [0.3, 0.4) is 0 Å². The van der Waals surface area contributed by atoms with Gasteiger partial charge in [-0.15, -0.1) is 11.3 Å². The van der Waals surface area contributed by atoms with E-state index in [9.17, 15) is 0 Å². The van der Waals surface area contributed by atoms with Crippen molar-refractivity contribution in [2.75, 3.05) is 0 Å². The summed E-state index contributed by atoms with van der Waals surface area (Å²) in [6, 6.07) is 6.28. The average molecular weight is 300 g/mol. The minimum Gasteiger partial charge on any atom is -0.326 e. The molecule has 3 aromatic rings. The Hall–Kier alpha value is -1.72. The molecular formula is C16H20N4S. The molecule has 0 spiro atoms. The maximum atomic E-state index is 5.74. The van der Waals surface area contributed by atoms with E-state index in [0.29, 0.717) is 12.5 Å². The van der Waals surface area contributed by atoms with Gasteiger partial charge in [-0.2, -0.15) is 0 Å². The molecule has 0 radical (unpaired) electrons. The molecule has 0 saturated carbocycles. The third-order valence-corrected chi connectivity index (χ3v) is 4.22. The zero-order valence-electron chi connectivity index (χ0n) is 12.6. The molecule has 0 bridgehead atoms. The number of nitrogens with zero attached hydrogens (tertiary/aromatic N) is 3. The lowest BCUT2D eigenvalue weighted by Crippen LogP contribution is -2.06. The van der Waals surface area contributed by atoms with Crippen molar-refractivity contribution in [3.63, 3.8) is 0 Å². The van der Waals surface area contributed by atoms with Gasteiger partial charge >= 0.3 is 0 Å². The smallest absolute Gasteiger partial charge is 0.160 e. The summed E-state index contributed by atoms with van der Waals surface area (Å²) < 4.78 is 2.27. The Labute approximate surface area is 128 Å². The summed E-state index contributed by atoms with van der Waals surface area (Å²) in [5, 5.41) is 3.15. The Balaban J connectivity index is 2.21. The van der Waals surface area contributed by atoms with Crippen molar-refractivity contribution >= 4 is 22.4 Å². The summed E-state index contributed by atoms with van der Waals surface area (Å²) in [4.78, 5) is 9.41. The summed E-state index contributed by atoms with van der Waals surface area (Å²) >= 11 is 1.66. The van der Waals surface area contributed by atoms with Crippen LogP contribution >= 0.6 is 11.3 Å². The van der Waals surface area contributed by atoms with Gasteiger partial charge in [0.25, 0.3) is 0 Å². The number of hydrogen-bond acceptors (Lipinski definition) is 4. The number of aromatic nitrogens is 3. The zero-order chi connectivity index (χ0) is 15.0. The predicted molar refractivity (Wildman–Crippen MR) is 88.3 cm³/mol. The SMILES string of the molecule is Cc1nc(-c2nc3cc(CN)ccc3n2CC(C)C)cs1. The van der Waals surface area contributed by atoms with E-state index in [2.05, 4.69) is 47.0 Å². The summed E-state index contributed by atoms with van der Waals surface area (Å²) in [5.41, 5.74) is 9.96. The molecule has 1 aromatic carbocycles. The summed E-state index contributed by atoms with van der Waals surface area (Å²) in [7, 11) is 0. The summed E-state index contributed by atoms with van der Waals surface area (Å²) in [6.45, 7) is 7.94. The zero-order valence-corrected chi connectivity index (χ0v) is 13.4. The predicted octanol–water partition coefficient (Wildman–Crippen LogP) is 3.58.